The molecule has 0 aromatic rings. The zero-order valence-electron chi connectivity index (χ0n) is 12.9. The largest absolute Gasteiger partial charge is 0.470 e. The Bertz CT molecular complexity index is 396. The average Bonchev–Trinajstić information content (AvgIpc) is 3.09. The summed E-state index contributed by atoms with van der Waals surface area (Å²) in [6.07, 6.45) is 9.05. The SMILES string of the molecule is C1CCN(C[C@@H]2CON=C(C34CCC[C@H]3NCC4)O2)CC1. The highest BCUT2D eigenvalue weighted by atomic mass is 16.7. The zero-order chi connectivity index (χ0) is 14.1. The lowest BCUT2D eigenvalue weighted by molar-refractivity contribution is -0.0216. The molecule has 118 valence electrons. The summed E-state index contributed by atoms with van der Waals surface area (Å²) in [4.78, 5) is 8.09. The van der Waals surface area contributed by atoms with E-state index < -0.39 is 0 Å². The first-order valence-corrected chi connectivity index (χ1v) is 8.70. The first kappa shape index (κ1) is 13.8. The van der Waals surface area contributed by atoms with Crippen LogP contribution in [-0.4, -0.2) is 55.7 Å². The third-order valence-electron chi connectivity index (χ3n) is 5.77. The van der Waals surface area contributed by atoms with Gasteiger partial charge in [0, 0.05) is 12.6 Å². The molecule has 3 heterocycles. The predicted octanol–water partition coefficient (Wildman–Crippen LogP) is 1.73. The van der Waals surface area contributed by atoms with E-state index in [1.54, 1.807) is 0 Å². The van der Waals surface area contributed by atoms with Gasteiger partial charge in [-0.2, -0.15) is 0 Å². The molecule has 1 unspecified atom stereocenters. The standard InChI is InChI=1S/C16H27N3O2/c1-2-9-19(10-3-1)11-13-12-20-18-15(21-13)16-6-4-5-14(16)17-8-7-16/h13-14,17H,1-12H2/t13-,14-,16?/m1/s1. The smallest absolute Gasteiger partial charge is 0.234 e. The lowest BCUT2D eigenvalue weighted by atomic mass is 9.82. The van der Waals surface area contributed by atoms with Crippen molar-refractivity contribution >= 4 is 5.90 Å². The molecule has 0 aromatic carbocycles. The number of nitrogens with one attached hydrogen (secondary N) is 1. The van der Waals surface area contributed by atoms with Crippen LogP contribution in [0.2, 0.25) is 0 Å². The third kappa shape index (κ3) is 2.55. The van der Waals surface area contributed by atoms with Gasteiger partial charge in [-0.1, -0.05) is 18.0 Å². The van der Waals surface area contributed by atoms with Gasteiger partial charge in [-0.15, -0.1) is 0 Å². The van der Waals surface area contributed by atoms with Crippen LogP contribution in [0.3, 0.4) is 0 Å². The molecular weight excluding hydrogens is 266 g/mol. The molecule has 4 aliphatic rings. The molecule has 0 radical (unpaired) electrons. The van der Waals surface area contributed by atoms with Gasteiger partial charge in [0.2, 0.25) is 5.90 Å². The van der Waals surface area contributed by atoms with Crippen molar-refractivity contribution in [3.8, 4) is 0 Å². The fourth-order valence-corrected chi connectivity index (χ4v) is 4.62. The molecule has 3 atom stereocenters. The number of piperidine rings is 1. The molecule has 0 amide bonds. The molecule has 0 aromatic heterocycles. The number of likely N-dealkylation sites (tertiary alicyclic amines) is 1. The fourth-order valence-electron chi connectivity index (χ4n) is 4.62. The second kappa shape index (κ2) is 5.76. The van der Waals surface area contributed by atoms with Crippen LogP contribution in [0.25, 0.3) is 0 Å². The summed E-state index contributed by atoms with van der Waals surface area (Å²) in [6.45, 7) is 5.11. The van der Waals surface area contributed by atoms with Crippen molar-refractivity contribution in [2.24, 2.45) is 10.6 Å². The van der Waals surface area contributed by atoms with E-state index >= 15 is 0 Å². The maximum absolute atomic E-state index is 6.32. The maximum Gasteiger partial charge on any atom is 0.234 e. The van der Waals surface area contributed by atoms with E-state index in [4.69, 9.17) is 9.57 Å². The van der Waals surface area contributed by atoms with Crippen LogP contribution in [0.5, 0.6) is 0 Å². The fraction of sp³-hybridized carbons (Fsp3) is 0.938. The second-order valence-corrected chi connectivity index (χ2v) is 7.10. The summed E-state index contributed by atoms with van der Waals surface area (Å²) in [7, 11) is 0. The Labute approximate surface area is 127 Å². The molecular formula is C16H27N3O2. The summed E-state index contributed by atoms with van der Waals surface area (Å²) in [5, 5.41) is 7.95. The average molecular weight is 293 g/mol. The molecule has 1 saturated carbocycles. The van der Waals surface area contributed by atoms with Crippen LogP contribution in [0, 0.1) is 5.41 Å². The van der Waals surface area contributed by atoms with E-state index in [1.165, 1.54) is 51.6 Å². The highest BCUT2D eigenvalue weighted by molar-refractivity contribution is 5.84. The van der Waals surface area contributed by atoms with E-state index in [-0.39, 0.29) is 11.5 Å². The number of hydrogen-bond acceptors (Lipinski definition) is 5. The number of rotatable bonds is 3. The highest BCUT2D eigenvalue weighted by Gasteiger charge is 2.52. The Kier molecular flexibility index (Phi) is 3.79. The number of oxime groups is 1. The van der Waals surface area contributed by atoms with E-state index in [0.717, 1.165) is 25.4 Å². The minimum absolute atomic E-state index is 0.126. The lowest BCUT2D eigenvalue weighted by Crippen LogP contribution is -2.47. The zero-order valence-corrected chi connectivity index (χ0v) is 12.9. The van der Waals surface area contributed by atoms with Crippen LogP contribution in [-0.2, 0) is 9.57 Å². The van der Waals surface area contributed by atoms with Crippen molar-refractivity contribution in [2.45, 2.75) is 57.1 Å². The van der Waals surface area contributed by atoms with Gasteiger partial charge in [-0.25, -0.2) is 0 Å². The molecule has 4 rings (SSSR count). The Morgan fingerprint density at radius 1 is 1.19 bits per heavy atom. The van der Waals surface area contributed by atoms with Gasteiger partial charge in [0.25, 0.3) is 0 Å². The van der Waals surface area contributed by atoms with E-state index in [2.05, 4.69) is 15.4 Å². The van der Waals surface area contributed by atoms with Crippen molar-refractivity contribution in [2.75, 3.05) is 32.8 Å². The van der Waals surface area contributed by atoms with Gasteiger partial charge < -0.3 is 14.9 Å². The van der Waals surface area contributed by atoms with Crippen molar-refractivity contribution < 1.29 is 9.57 Å². The third-order valence-corrected chi connectivity index (χ3v) is 5.77. The van der Waals surface area contributed by atoms with Gasteiger partial charge in [-0.3, -0.25) is 4.90 Å². The van der Waals surface area contributed by atoms with Crippen LogP contribution in [0.15, 0.2) is 5.16 Å². The van der Waals surface area contributed by atoms with Crippen molar-refractivity contribution in [1.82, 2.24) is 10.2 Å². The number of fused-ring (bicyclic) bond motifs is 1. The van der Waals surface area contributed by atoms with Crippen molar-refractivity contribution in [3.63, 3.8) is 0 Å². The topological polar surface area (TPSA) is 46.1 Å². The summed E-state index contributed by atoms with van der Waals surface area (Å²) >= 11 is 0. The predicted molar refractivity (Wildman–Crippen MR) is 81.2 cm³/mol. The van der Waals surface area contributed by atoms with E-state index in [9.17, 15) is 0 Å². The highest BCUT2D eigenvalue weighted by Crippen LogP contribution is 2.46. The Hall–Kier alpha value is -0.810. The Balaban J connectivity index is 1.41. The first-order valence-electron chi connectivity index (χ1n) is 8.70. The quantitative estimate of drug-likeness (QED) is 0.861. The molecule has 0 bridgehead atoms. The molecule has 5 heteroatoms. The van der Waals surface area contributed by atoms with Crippen molar-refractivity contribution in [1.29, 1.82) is 0 Å². The van der Waals surface area contributed by atoms with Crippen LogP contribution >= 0.6 is 0 Å². The van der Waals surface area contributed by atoms with Gasteiger partial charge in [-0.05, 0) is 51.7 Å². The molecule has 3 aliphatic heterocycles. The van der Waals surface area contributed by atoms with Crippen molar-refractivity contribution in [3.05, 3.63) is 0 Å². The number of hydrogen-bond donors (Lipinski definition) is 1. The Morgan fingerprint density at radius 3 is 3.00 bits per heavy atom. The van der Waals surface area contributed by atoms with Gasteiger partial charge in [0.1, 0.15) is 6.10 Å². The second-order valence-electron chi connectivity index (χ2n) is 7.10. The Morgan fingerprint density at radius 2 is 2.10 bits per heavy atom. The molecule has 2 saturated heterocycles. The monoisotopic (exact) mass is 293 g/mol. The van der Waals surface area contributed by atoms with E-state index in [0.29, 0.717) is 12.6 Å². The molecule has 1 N–H and O–H groups in total. The molecule has 1 aliphatic carbocycles. The van der Waals surface area contributed by atoms with Gasteiger partial charge in [0.05, 0.1) is 5.41 Å². The summed E-state index contributed by atoms with van der Waals surface area (Å²) < 4.78 is 6.32. The minimum Gasteiger partial charge on any atom is -0.470 e. The first-order chi connectivity index (χ1) is 10.4. The van der Waals surface area contributed by atoms with Gasteiger partial charge >= 0.3 is 0 Å². The normalized spacial score (nSPS) is 40.3. The number of nitrogens with zero attached hydrogens (tertiary/aromatic N) is 2. The molecule has 0 spiro atoms. The maximum atomic E-state index is 6.32. The molecule has 3 fully saturated rings. The summed E-state index contributed by atoms with van der Waals surface area (Å²) in [5.74, 6) is 0.892. The molecule has 5 nitrogen and oxygen atoms in total. The minimum atomic E-state index is 0.126. The lowest BCUT2D eigenvalue weighted by Gasteiger charge is -2.36. The van der Waals surface area contributed by atoms with E-state index in [1.807, 2.05) is 0 Å². The van der Waals surface area contributed by atoms with Crippen LogP contribution < -0.4 is 5.32 Å². The molecule has 21 heavy (non-hydrogen) atoms. The summed E-state index contributed by atoms with van der Waals surface area (Å²) in [5.41, 5.74) is 0.126. The number of ether oxygens (including phenoxy) is 1. The van der Waals surface area contributed by atoms with Crippen LogP contribution in [0.4, 0.5) is 0 Å². The summed E-state index contributed by atoms with van der Waals surface area (Å²) in [6, 6.07) is 0.550. The van der Waals surface area contributed by atoms with Gasteiger partial charge in [0.15, 0.2) is 6.61 Å². The van der Waals surface area contributed by atoms with Crippen LogP contribution in [0.1, 0.15) is 44.9 Å².